The number of aromatic nitrogens is 2. The van der Waals surface area contributed by atoms with Crippen LogP contribution in [-0.2, 0) is 10.5 Å². The summed E-state index contributed by atoms with van der Waals surface area (Å²) in [5.41, 5.74) is 0.447. The van der Waals surface area contributed by atoms with Crippen LogP contribution in [0.1, 0.15) is 38.1 Å². The number of nitrogens with zero attached hydrogens (tertiary/aromatic N) is 2. The number of amides is 1. The molecule has 1 atom stereocenters. The molecular weight excluding hydrogens is 333 g/mol. The third kappa shape index (κ3) is 3.10. The molecule has 0 bridgehead atoms. The van der Waals surface area contributed by atoms with Crippen molar-refractivity contribution in [2.24, 2.45) is 0 Å². The number of nitrogens with one attached hydrogen (secondary N) is 1. The van der Waals surface area contributed by atoms with Gasteiger partial charge in [-0.1, -0.05) is 56.3 Å². The van der Waals surface area contributed by atoms with Gasteiger partial charge in [-0.15, -0.1) is 0 Å². The number of para-hydroxylation sites is 1. The molecule has 0 saturated heterocycles. The standard InChI is InChI=1S/C20H20FN3O2/c1-13(2)17-22-16-12-8-7-11-15(16)18(25)24(17)23-19(26)20(3,21)14-9-5-4-6-10-14/h4-13H,1-3H3,(H,23,26). The van der Waals surface area contributed by atoms with E-state index in [0.717, 1.165) is 4.68 Å². The Kier molecular flexibility index (Phi) is 4.59. The van der Waals surface area contributed by atoms with Crippen molar-refractivity contribution in [1.82, 2.24) is 9.66 Å². The van der Waals surface area contributed by atoms with E-state index < -0.39 is 17.1 Å². The predicted molar refractivity (Wildman–Crippen MR) is 99.4 cm³/mol. The first kappa shape index (κ1) is 17.8. The maximum atomic E-state index is 15.1. The quantitative estimate of drug-likeness (QED) is 0.781. The van der Waals surface area contributed by atoms with Gasteiger partial charge in [0.2, 0.25) is 5.67 Å². The van der Waals surface area contributed by atoms with E-state index in [-0.39, 0.29) is 11.5 Å². The van der Waals surface area contributed by atoms with Crippen LogP contribution in [0.3, 0.4) is 0 Å². The van der Waals surface area contributed by atoms with Crippen LogP contribution in [0.5, 0.6) is 0 Å². The largest absolute Gasteiger partial charge is 0.280 e. The zero-order valence-electron chi connectivity index (χ0n) is 14.9. The van der Waals surface area contributed by atoms with E-state index in [4.69, 9.17) is 0 Å². The van der Waals surface area contributed by atoms with E-state index >= 15 is 4.39 Å². The Balaban J connectivity index is 2.08. The summed E-state index contributed by atoms with van der Waals surface area (Å²) in [5, 5.41) is 0.359. The molecule has 0 aliphatic heterocycles. The van der Waals surface area contributed by atoms with E-state index in [0.29, 0.717) is 16.7 Å². The summed E-state index contributed by atoms with van der Waals surface area (Å²) < 4.78 is 16.2. The number of halogens is 1. The van der Waals surface area contributed by atoms with Gasteiger partial charge in [-0.05, 0) is 24.6 Å². The zero-order valence-corrected chi connectivity index (χ0v) is 14.9. The Morgan fingerprint density at radius 1 is 1.12 bits per heavy atom. The lowest BCUT2D eigenvalue weighted by Crippen LogP contribution is -2.43. The van der Waals surface area contributed by atoms with Gasteiger partial charge in [0.05, 0.1) is 10.9 Å². The van der Waals surface area contributed by atoms with Crippen molar-refractivity contribution in [1.29, 1.82) is 0 Å². The van der Waals surface area contributed by atoms with Crippen LogP contribution in [0.25, 0.3) is 10.9 Å². The monoisotopic (exact) mass is 353 g/mol. The summed E-state index contributed by atoms with van der Waals surface area (Å²) in [7, 11) is 0. The maximum absolute atomic E-state index is 15.1. The van der Waals surface area contributed by atoms with Crippen LogP contribution in [-0.4, -0.2) is 15.6 Å². The highest BCUT2D eigenvalue weighted by Gasteiger charge is 2.36. The molecular formula is C20H20FN3O2. The molecule has 1 amide bonds. The molecule has 0 aliphatic rings. The highest BCUT2D eigenvalue weighted by atomic mass is 19.1. The van der Waals surface area contributed by atoms with Gasteiger partial charge in [0.15, 0.2) is 0 Å². The van der Waals surface area contributed by atoms with Crippen LogP contribution >= 0.6 is 0 Å². The minimum atomic E-state index is -2.29. The maximum Gasteiger partial charge on any atom is 0.280 e. The molecule has 1 heterocycles. The number of hydrogen-bond acceptors (Lipinski definition) is 3. The summed E-state index contributed by atoms with van der Waals surface area (Å²) >= 11 is 0. The van der Waals surface area contributed by atoms with E-state index in [1.165, 1.54) is 19.1 Å². The van der Waals surface area contributed by atoms with Crippen LogP contribution in [0.15, 0.2) is 59.4 Å². The molecule has 5 nitrogen and oxygen atoms in total. The normalized spacial score (nSPS) is 13.6. The molecule has 26 heavy (non-hydrogen) atoms. The first-order valence-corrected chi connectivity index (χ1v) is 8.40. The number of hydrogen-bond donors (Lipinski definition) is 1. The summed E-state index contributed by atoms with van der Waals surface area (Å²) in [6.45, 7) is 4.88. The summed E-state index contributed by atoms with van der Waals surface area (Å²) in [5.74, 6) is -0.703. The van der Waals surface area contributed by atoms with E-state index in [1.807, 2.05) is 13.8 Å². The van der Waals surface area contributed by atoms with Gasteiger partial charge < -0.3 is 0 Å². The number of carbonyl (C=O) groups excluding carboxylic acids is 1. The van der Waals surface area contributed by atoms with Crippen molar-refractivity contribution in [2.75, 3.05) is 5.43 Å². The van der Waals surface area contributed by atoms with Crippen LogP contribution in [0.4, 0.5) is 4.39 Å². The minimum absolute atomic E-state index is 0.143. The zero-order chi connectivity index (χ0) is 18.9. The Morgan fingerprint density at radius 2 is 1.73 bits per heavy atom. The second-order valence-corrected chi connectivity index (χ2v) is 6.59. The molecule has 3 rings (SSSR count). The second kappa shape index (κ2) is 6.71. The number of rotatable bonds is 4. The first-order chi connectivity index (χ1) is 12.3. The Morgan fingerprint density at radius 3 is 2.38 bits per heavy atom. The fraction of sp³-hybridized carbons (Fsp3) is 0.250. The SMILES string of the molecule is CC(C)c1nc2ccccc2c(=O)n1NC(=O)C(C)(F)c1ccccc1. The number of alkyl halides is 1. The lowest BCUT2D eigenvalue weighted by atomic mass is 9.97. The molecule has 3 aromatic rings. The van der Waals surface area contributed by atoms with Crippen molar-refractivity contribution in [3.8, 4) is 0 Å². The van der Waals surface area contributed by atoms with Crippen molar-refractivity contribution in [3.05, 3.63) is 76.3 Å². The molecule has 0 radical (unpaired) electrons. The topological polar surface area (TPSA) is 64.0 Å². The summed E-state index contributed by atoms with van der Waals surface area (Å²) in [6.07, 6.45) is 0. The van der Waals surface area contributed by atoms with Crippen LogP contribution in [0.2, 0.25) is 0 Å². The Bertz CT molecular complexity index is 1010. The van der Waals surface area contributed by atoms with Gasteiger partial charge in [0, 0.05) is 5.92 Å². The van der Waals surface area contributed by atoms with Gasteiger partial charge in [0.25, 0.3) is 11.5 Å². The Hall–Kier alpha value is -3.02. The minimum Gasteiger partial charge on any atom is -0.269 e. The molecule has 0 spiro atoms. The molecule has 134 valence electrons. The van der Waals surface area contributed by atoms with Crippen LogP contribution in [0, 0.1) is 0 Å². The number of fused-ring (bicyclic) bond motifs is 1. The predicted octanol–water partition coefficient (Wildman–Crippen LogP) is 3.47. The van der Waals surface area contributed by atoms with Crippen LogP contribution < -0.4 is 11.0 Å². The molecule has 1 aromatic heterocycles. The number of carbonyl (C=O) groups is 1. The van der Waals surface area contributed by atoms with Gasteiger partial charge in [-0.2, -0.15) is 0 Å². The van der Waals surface area contributed by atoms with Gasteiger partial charge in [0.1, 0.15) is 5.82 Å². The fourth-order valence-electron chi connectivity index (χ4n) is 2.73. The molecule has 2 aromatic carbocycles. The van der Waals surface area contributed by atoms with Crippen molar-refractivity contribution in [2.45, 2.75) is 32.4 Å². The molecule has 0 saturated carbocycles. The molecule has 0 aliphatic carbocycles. The fourth-order valence-corrected chi connectivity index (χ4v) is 2.73. The van der Waals surface area contributed by atoms with Gasteiger partial charge in [-0.25, -0.2) is 14.1 Å². The average Bonchev–Trinajstić information content (AvgIpc) is 2.64. The molecule has 6 heteroatoms. The summed E-state index contributed by atoms with van der Waals surface area (Å²) in [6, 6.07) is 15.0. The molecule has 0 fully saturated rings. The highest BCUT2D eigenvalue weighted by Crippen LogP contribution is 2.26. The molecule has 1 N–H and O–H groups in total. The highest BCUT2D eigenvalue weighted by molar-refractivity contribution is 5.92. The van der Waals surface area contributed by atoms with Gasteiger partial charge >= 0.3 is 0 Å². The van der Waals surface area contributed by atoms with Crippen molar-refractivity contribution < 1.29 is 9.18 Å². The lowest BCUT2D eigenvalue weighted by molar-refractivity contribution is -0.128. The van der Waals surface area contributed by atoms with Crippen molar-refractivity contribution in [3.63, 3.8) is 0 Å². The van der Waals surface area contributed by atoms with E-state index in [9.17, 15) is 9.59 Å². The smallest absolute Gasteiger partial charge is 0.269 e. The lowest BCUT2D eigenvalue weighted by Gasteiger charge is -2.23. The second-order valence-electron chi connectivity index (χ2n) is 6.59. The molecule has 1 unspecified atom stereocenters. The summed E-state index contributed by atoms with van der Waals surface area (Å²) in [4.78, 5) is 29.9. The number of benzene rings is 2. The third-order valence-electron chi connectivity index (χ3n) is 4.27. The third-order valence-corrected chi connectivity index (χ3v) is 4.27. The van der Waals surface area contributed by atoms with Gasteiger partial charge in [-0.3, -0.25) is 15.0 Å². The average molecular weight is 353 g/mol. The Labute approximate surface area is 150 Å². The van der Waals surface area contributed by atoms with E-state index in [2.05, 4.69) is 10.4 Å². The van der Waals surface area contributed by atoms with E-state index in [1.54, 1.807) is 42.5 Å². The first-order valence-electron chi connectivity index (χ1n) is 8.40. The van der Waals surface area contributed by atoms with Crippen molar-refractivity contribution >= 4 is 16.8 Å².